The topological polar surface area (TPSA) is 62.2 Å². The molecule has 1 aliphatic heterocycles. The summed E-state index contributed by atoms with van der Waals surface area (Å²) < 4.78 is 0. The zero-order chi connectivity index (χ0) is 10.7. The smallest absolute Gasteiger partial charge is 0.255 e. The fourth-order valence-electron chi connectivity index (χ4n) is 1.49. The van der Waals surface area contributed by atoms with Crippen molar-refractivity contribution in [1.82, 2.24) is 10.3 Å². The van der Waals surface area contributed by atoms with E-state index < -0.39 is 0 Å². The Balaban J connectivity index is 2.04. The van der Waals surface area contributed by atoms with Crippen molar-refractivity contribution >= 4 is 17.7 Å². The summed E-state index contributed by atoms with van der Waals surface area (Å²) in [7, 11) is 0. The van der Waals surface area contributed by atoms with E-state index in [9.17, 15) is 9.90 Å². The molecule has 1 aliphatic rings. The van der Waals surface area contributed by atoms with Crippen molar-refractivity contribution in [1.29, 1.82) is 0 Å². The second-order valence-electron chi connectivity index (χ2n) is 3.43. The maximum absolute atomic E-state index is 11.7. The molecule has 0 radical (unpaired) electrons. The second-order valence-corrected chi connectivity index (χ2v) is 4.58. The molecule has 1 saturated heterocycles. The lowest BCUT2D eigenvalue weighted by Gasteiger charge is -2.11. The van der Waals surface area contributed by atoms with Crippen LogP contribution in [0.2, 0.25) is 0 Å². The fraction of sp³-hybridized carbons (Fsp3) is 0.400. The van der Waals surface area contributed by atoms with Crippen LogP contribution in [0.25, 0.3) is 0 Å². The van der Waals surface area contributed by atoms with Gasteiger partial charge in [0.1, 0.15) is 5.75 Å². The van der Waals surface area contributed by atoms with E-state index in [-0.39, 0.29) is 17.7 Å². The molecule has 1 aromatic heterocycles. The molecular formula is C10H12N2O2S. The first-order valence-corrected chi connectivity index (χ1v) is 5.94. The Morgan fingerprint density at radius 3 is 3.20 bits per heavy atom. The molecule has 5 heteroatoms. The van der Waals surface area contributed by atoms with Gasteiger partial charge in [-0.05, 0) is 18.2 Å². The molecular weight excluding hydrogens is 212 g/mol. The molecule has 0 saturated carbocycles. The van der Waals surface area contributed by atoms with Crippen molar-refractivity contribution in [3.8, 4) is 5.75 Å². The quantitative estimate of drug-likeness (QED) is 0.787. The number of nitrogens with one attached hydrogen (secondary N) is 1. The maximum Gasteiger partial charge on any atom is 0.255 e. The van der Waals surface area contributed by atoms with Crippen molar-refractivity contribution < 1.29 is 9.90 Å². The Kier molecular flexibility index (Phi) is 3.11. The molecule has 80 valence electrons. The van der Waals surface area contributed by atoms with Crippen LogP contribution in [0.4, 0.5) is 0 Å². The minimum atomic E-state index is -0.220. The summed E-state index contributed by atoms with van der Waals surface area (Å²) >= 11 is 1.83. The third kappa shape index (κ3) is 2.41. The average molecular weight is 224 g/mol. The Bertz CT molecular complexity index is 364. The normalized spacial score (nSPS) is 20.1. The molecule has 2 heterocycles. The average Bonchev–Trinajstić information content (AvgIpc) is 2.71. The Hall–Kier alpha value is -1.23. The van der Waals surface area contributed by atoms with E-state index in [0.29, 0.717) is 5.56 Å². The fourth-order valence-corrected chi connectivity index (χ4v) is 2.64. The van der Waals surface area contributed by atoms with E-state index in [1.807, 2.05) is 11.8 Å². The van der Waals surface area contributed by atoms with Crippen LogP contribution in [0.1, 0.15) is 16.8 Å². The van der Waals surface area contributed by atoms with Gasteiger partial charge in [-0.1, -0.05) is 0 Å². The van der Waals surface area contributed by atoms with Crippen LogP contribution in [0.15, 0.2) is 18.5 Å². The van der Waals surface area contributed by atoms with Gasteiger partial charge >= 0.3 is 0 Å². The van der Waals surface area contributed by atoms with Gasteiger partial charge in [-0.3, -0.25) is 9.78 Å². The second kappa shape index (κ2) is 4.53. The number of pyridine rings is 1. The molecule has 2 N–H and O–H groups in total. The van der Waals surface area contributed by atoms with Gasteiger partial charge in [-0.25, -0.2) is 0 Å². The van der Waals surface area contributed by atoms with Gasteiger partial charge in [0.05, 0.1) is 11.8 Å². The van der Waals surface area contributed by atoms with E-state index in [1.165, 1.54) is 18.5 Å². The SMILES string of the molecule is O=C(NC1CCSC1)c1ccncc1O. The van der Waals surface area contributed by atoms with E-state index >= 15 is 0 Å². The highest BCUT2D eigenvalue weighted by molar-refractivity contribution is 7.99. The van der Waals surface area contributed by atoms with Crippen LogP contribution in [-0.2, 0) is 0 Å². The molecule has 1 atom stereocenters. The first-order chi connectivity index (χ1) is 7.27. The van der Waals surface area contributed by atoms with Gasteiger partial charge in [-0.15, -0.1) is 0 Å². The van der Waals surface area contributed by atoms with E-state index in [4.69, 9.17) is 0 Å². The molecule has 0 aliphatic carbocycles. The number of nitrogens with zero attached hydrogens (tertiary/aromatic N) is 1. The van der Waals surface area contributed by atoms with Gasteiger partial charge in [-0.2, -0.15) is 11.8 Å². The standard InChI is InChI=1S/C10H12N2O2S/c13-9-5-11-3-1-8(9)10(14)12-7-2-4-15-6-7/h1,3,5,7,13H,2,4,6H2,(H,12,14). The van der Waals surface area contributed by atoms with E-state index in [1.54, 1.807) is 0 Å². The first-order valence-electron chi connectivity index (χ1n) is 4.79. The van der Waals surface area contributed by atoms with Gasteiger partial charge in [0.25, 0.3) is 5.91 Å². The minimum absolute atomic E-state index is 0.0688. The number of hydrogen-bond acceptors (Lipinski definition) is 4. The predicted octanol–water partition coefficient (Wildman–Crippen LogP) is 1.02. The molecule has 0 aromatic carbocycles. The lowest BCUT2D eigenvalue weighted by Crippen LogP contribution is -2.34. The van der Waals surface area contributed by atoms with Crippen LogP contribution in [0.5, 0.6) is 5.75 Å². The highest BCUT2D eigenvalue weighted by Gasteiger charge is 2.19. The lowest BCUT2D eigenvalue weighted by molar-refractivity contribution is 0.0938. The van der Waals surface area contributed by atoms with E-state index in [0.717, 1.165) is 17.9 Å². The summed E-state index contributed by atoms with van der Waals surface area (Å²) in [6, 6.07) is 1.75. The number of carbonyl (C=O) groups is 1. The van der Waals surface area contributed by atoms with Gasteiger partial charge in [0, 0.05) is 18.0 Å². The Morgan fingerprint density at radius 1 is 1.67 bits per heavy atom. The number of aromatic hydroxyl groups is 1. The number of carbonyl (C=O) groups excluding carboxylic acids is 1. The predicted molar refractivity (Wildman–Crippen MR) is 59.1 cm³/mol. The van der Waals surface area contributed by atoms with Crippen LogP contribution in [0.3, 0.4) is 0 Å². The third-order valence-corrected chi connectivity index (χ3v) is 3.47. The van der Waals surface area contributed by atoms with Crippen LogP contribution in [-0.4, -0.2) is 33.5 Å². The highest BCUT2D eigenvalue weighted by Crippen LogP contribution is 2.19. The summed E-state index contributed by atoms with van der Waals surface area (Å²) in [5.74, 6) is 1.76. The monoisotopic (exact) mass is 224 g/mol. The molecule has 0 spiro atoms. The molecule has 4 nitrogen and oxygen atoms in total. The van der Waals surface area contributed by atoms with Crippen LogP contribution in [0, 0.1) is 0 Å². The summed E-state index contributed by atoms with van der Waals surface area (Å²) in [4.78, 5) is 15.4. The molecule has 1 fully saturated rings. The number of hydrogen-bond donors (Lipinski definition) is 2. The largest absolute Gasteiger partial charge is 0.505 e. The van der Waals surface area contributed by atoms with Gasteiger partial charge in [0.15, 0.2) is 0 Å². The van der Waals surface area contributed by atoms with Crippen molar-refractivity contribution in [3.63, 3.8) is 0 Å². The minimum Gasteiger partial charge on any atom is -0.505 e. The number of aromatic nitrogens is 1. The number of rotatable bonds is 2. The summed E-state index contributed by atoms with van der Waals surface area (Å²) in [5.41, 5.74) is 0.293. The molecule has 0 bridgehead atoms. The third-order valence-electron chi connectivity index (χ3n) is 2.31. The van der Waals surface area contributed by atoms with Crippen molar-refractivity contribution in [3.05, 3.63) is 24.0 Å². The van der Waals surface area contributed by atoms with Crippen LogP contribution < -0.4 is 5.32 Å². The Morgan fingerprint density at radius 2 is 2.53 bits per heavy atom. The lowest BCUT2D eigenvalue weighted by atomic mass is 10.2. The van der Waals surface area contributed by atoms with Crippen molar-refractivity contribution in [2.75, 3.05) is 11.5 Å². The highest BCUT2D eigenvalue weighted by atomic mass is 32.2. The summed E-state index contributed by atoms with van der Waals surface area (Å²) in [6.45, 7) is 0. The van der Waals surface area contributed by atoms with Crippen LogP contribution >= 0.6 is 11.8 Å². The zero-order valence-corrected chi connectivity index (χ0v) is 8.96. The summed E-state index contributed by atoms with van der Waals surface area (Å²) in [5, 5.41) is 12.3. The summed E-state index contributed by atoms with van der Waals surface area (Å²) in [6.07, 6.45) is 3.78. The van der Waals surface area contributed by atoms with Gasteiger partial charge in [0.2, 0.25) is 0 Å². The molecule has 15 heavy (non-hydrogen) atoms. The van der Waals surface area contributed by atoms with Gasteiger partial charge < -0.3 is 10.4 Å². The maximum atomic E-state index is 11.7. The van der Waals surface area contributed by atoms with Crippen molar-refractivity contribution in [2.45, 2.75) is 12.5 Å². The zero-order valence-electron chi connectivity index (χ0n) is 8.14. The molecule has 1 amide bonds. The molecule has 1 unspecified atom stereocenters. The van der Waals surface area contributed by atoms with Crippen molar-refractivity contribution in [2.24, 2.45) is 0 Å². The molecule has 2 rings (SSSR count). The molecule has 1 aromatic rings. The first kappa shape index (κ1) is 10.3. The Labute approximate surface area is 92.1 Å². The number of thioether (sulfide) groups is 1. The number of amides is 1. The van der Waals surface area contributed by atoms with E-state index in [2.05, 4.69) is 10.3 Å².